The van der Waals surface area contributed by atoms with Gasteiger partial charge in [-0.3, -0.25) is 9.69 Å². The predicted octanol–water partition coefficient (Wildman–Crippen LogP) is 4.89. The van der Waals surface area contributed by atoms with Crippen LogP contribution in [0.15, 0.2) is 53.6 Å². The number of amides is 1. The predicted molar refractivity (Wildman–Crippen MR) is 113 cm³/mol. The van der Waals surface area contributed by atoms with Gasteiger partial charge in [-0.2, -0.15) is 5.10 Å². The minimum absolute atomic E-state index is 0.0263. The van der Waals surface area contributed by atoms with E-state index in [4.69, 9.17) is 11.6 Å². The number of piperidine rings is 1. The van der Waals surface area contributed by atoms with Crippen molar-refractivity contribution in [1.82, 2.24) is 9.91 Å². The highest BCUT2D eigenvalue weighted by Gasteiger charge is 2.35. The summed E-state index contributed by atoms with van der Waals surface area (Å²) in [4.78, 5) is 15.4. The fourth-order valence-corrected chi connectivity index (χ4v) is 4.29. The quantitative estimate of drug-likeness (QED) is 0.715. The molecule has 2 aromatic rings. The molecule has 0 bridgehead atoms. The van der Waals surface area contributed by atoms with Crippen molar-refractivity contribution >= 4 is 23.2 Å². The third-order valence-corrected chi connectivity index (χ3v) is 6.19. The molecule has 2 aromatic carbocycles. The van der Waals surface area contributed by atoms with Gasteiger partial charge in [0.15, 0.2) is 0 Å². The van der Waals surface area contributed by atoms with E-state index in [2.05, 4.69) is 16.9 Å². The summed E-state index contributed by atoms with van der Waals surface area (Å²) >= 11 is 6.45. The summed E-state index contributed by atoms with van der Waals surface area (Å²) in [5, 5.41) is 6.86. The average molecular weight is 414 g/mol. The molecule has 0 spiro atoms. The van der Waals surface area contributed by atoms with Crippen molar-refractivity contribution in [3.63, 3.8) is 0 Å². The number of carbonyl (C=O) groups excluding carboxylic acids is 1. The maximum atomic E-state index is 13.3. The molecular formula is C23H25ClFN3O. The lowest BCUT2D eigenvalue weighted by Crippen LogP contribution is -2.41. The van der Waals surface area contributed by atoms with Crippen molar-refractivity contribution in [1.29, 1.82) is 0 Å². The van der Waals surface area contributed by atoms with Crippen molar-refractivity contribution in [3.8, 4) is 0 Å². The van der Waals surface area contributed by atoms with Crippen molar-refractivity contribution < 1.29 is 9.18 Å². The first-order chi connectivity index (χ1) is 14.0. The van der Waals surface area contributed by atoms with Gasteiger partial charge < -0.3 is 0 Å². The van der Waals surface area contributed by atoms with Crippen molar-refractivity contribution in [2.24, 2.45) is 11.0 Å². The summed E-state index contributed by atoms with van der Waals surface area (Å²) in [5.41, 5.74) is 2.48. The first-order valence-corrected chi connectivity index (χ1v) is 10.5. The summed E-state index contributed by atoms with van der Waals surface area (Å²) in [6.45, 7) is 4.48. The second kappa shape index (κ2) is 8.64. The number of carbonyl (C=O) groups is 1. The Labute approximate surface area is 176 Å². The van der Waals surface area contributed by atoms with E-state index in [1.165, 1.54) is 12.1 Å². The van der Waals surface area contributed by atoms with Crippen LogP contribution in [0.1, 0.15) is 43.4 Å². The maximum Gasteiger partial charge on any atom is 0.257 e. The molecule has 0 saturated carbocycles. The number of rotatable bonds is 4. The number of benzene rings is 2. The second-order valence-corrected chi connectivity index (χ2v) is 8.40. The van der Waals surface area contributed by atoms with Gasteiger partial charge in [0.05, 0.1) is 18.3 Å². The lowest BCUT2D eigenvalue weighted by Gasteiger charge is -2.31. The average Bonchev–Trinajstić information content (AvgIpc) is 3.16. The SMILES string of the molecule is CC1CCN(CC(=O)N2N=C(c3ccc(F)cc3)C[C@@H]2c2ccccc2Cl)CC1. The molecular weight excluding hydrogens is 389 g/mol. The lowest BCUT2D eigenvalue weighted by atomic mass is 9.98. The molecule has 0 N–H and O–H groups in total. The molecule has 4 nitrogen and oxygen atoms in total. The third-order valence-electron chi connectivity index (χ3n) is 5.84. The Morgan fingerprint density at radius 1 is 1.14 bits per heavy atom. The standard InChI is InChI=1S/C23H25ClFN3O/c1-16-10-12-27(13-11-16)15-23(29)28-22(19-4-2-3-5-20(19)24)14-21(26-28)17-6-8-18(25)9-7-17/h2-9,16,22H,10-15H2,1H3/t22-/m1/s1. The highest BCUT2D eigenvalue weighted by Crippen LogP contribution is 2.36. The zero-order valence-electron chi connectivity index (χ0n) is 16.5. The van der Waals surface area contributed by atoms with Gasteiger partial charge in [-0.15, -0.1) is 0 Å². The summed E-state index contributed by atoms with van der Waals surface area (Å²) in [6.07, 6.45) is 2.79. The fraction of sp³-hybridized carbons (Fsp3) is 0.391. The Hall–Kier alpha value is -2.24. The van der Waals surface area contributed by atoms with Crippen LogP contribution in [0, 0.1) is 11.7 Å². The Balaban J connectivity index is 1.59. The Morgan fingerprint density at radius 2 is 1.83 bits per heavy atom. The topological polar surface area (TPSA) is 35.9 Å². The van der Waals surface area contributed by atoms with E-state index in [0.717, 1.165) is 42.8 Å². The van der Waals surface area contributed by atoms with E-state index < -0.39 is 0 Å². The molecule has 152 valence electrons. The third kappa shape index (κ3) is 4.51. The molecule has 2 aliphatic heterocycles. The van der Waals surface area contributed by atoms with E-state index in [-0.39, 0.29) is 17.8 Å². The summed E-state index contributed by atoms with van der Waals surface area (Å²) < 4.78 is 13.3. The number of hydrazone groups is 1. The van der Waals surface area contributed by atoms with Crippen LogP contribution in [0.25, 0.3) is 0 Å². The molecule has 29 heavy (non-hydrogen) atoms. The van der Waals surface area contributed by atoms with Crippen LogP contribution in [0.3, 0.4) is 0 Å². The Bertz CT molecular complexity index is 907. The Kier molecular flexibility index (Phi) is 5.97. The monoisotopic (exact) mass is 413 g/mol. The first kappa shape index (κ1) is 20.0. The van der Waals surface area contributed by atoms with Gasteiger partial charge in [-0.25, -0.2) is 9.40 Å². The maximum absolute atomic E-state index is 13.3. The van der Waals surface area contributed by atoms with E-state index in [9.17, 15) is 9.18 Å². The first-order valence-electron chi connectivity index (χ1n) is 10.1. The van der Waals surface area contributed by atoms with Crippen LogP contribution in [0.2, 0.25) is 5.02 Å². The smallest absolute Gasteiger partial charge is 0.257 e. The zero-order valence-corrected chi connectivity index (χ0v) is 17.3. The number of halogens is 2. The van der Waals surface area contributed by atoms with E-state index in [1.807, 2.05) is 24.3 Å². The van der Waals surface area contributed by atoms with E-state index in [1.54, 1.807) is 17.1 Å². The Morgan fingerprint density at radius 3 is 2.52 bits per heavy atom. The summed E-state index contributed by atoms with van der Waals surface area (Å²) in [5.74, 6) is 0.399. The van der Waals surface area contributed by atoms with E-state index in [0.29, 0.717) is 23.9 Å². The number of hydrogen-bond donors (Lipinski definition) is 0. The molecule has 0 aliphatic carbocycles. The summed E-state index contributed by atoms with van der Waals surface area (Å²) in [6, 6.07) is 13.6. The van der Waals surface area contributed by atoms with E-state index >= 15 is 0 Å². The van der Waals surface area contributed by atoms with Gasteiger partial charge in [0.25, 0.3) is 5.91 Å². The zero-order chi connectivity index (χ0) is 20.4. The van der Waals surface area contributed by atoms with Gasteiger partial charge in [-0.1, -0.05) is 48.9 Å². The van der Waals surface area contributed by atoms with Crippen LogP contribution in [-0.2, 0) is 4.79 Å². The highest BCUT2D eigenvalue weighted by molar-refractivity contribution is 6.31. The minimum Gasteiger partial charge on any atom is -0.294 e. The minimum atomic E-state index is -0.290. The van der Waals surface area contributed by atoms with Gasteiger partial charge in [0.2, 0.25) is 0 Å². The normalized spacial score (nSPS) is 20.7. The van der Waals surface area contributed by atoms with Gasteiger partial charge in [0, 0.05) is 11.4 Å². The van der Waals surface area contributed by atoms with Crippen LogP contribution in [0.4, 0.5) is 4.39 Å². The molecule has 2 aliphatic rings. The number of likely N-dealkylation sites (tertiary alicyclic amines) is 1. The van der Waals surface area contributed by atoms with Crippen molar-refractivity contribution in [2.45, 2.75) is 32.2 Å². The molecule has 6 heteroatoms. The molecule has 0 radical (unpaired) electrons. The molecule has 4 rings (SSSR count). The molecule has 1 saturated heterocycles. The number of nitrogens with zero attached hydrogens (tertiary/aromatic N) is 3. The van der Waals surface area contributed by atoms with Crippen molar-refractivity contribution in [2.75, 3.05) is 19.6 Å². The highest BCUT2D eigenvalue weighted by atomic mass is 35.5. The van der Waals surface area contributed by atoms with Gasteiger partial charge >= 0.3 is 0 Å². The van der Waals surface area contributed by atoms with Crippen LogP contribution in [-0.4, -0.2) is 41.2 Å². The van der Waals surface area contributed by atoms with Crippen LogP contribution < -0.4 is 0 Å². The summed E-state index contributed by atoms with van der Waals surface area (Å²) in [7, 11) is 0. The van der Waals surface area contributed by atoms with Gasteiger partial charge in [-0.05, 0) is 61.2 Å². The lowest BCUT2D eigenvalue weighted by molar-refractivity contribution is -0.134. The number of hydrogen-bond acceptors (Lipinski definition) is 3. The molecule has 0 unspecified atom stereocenters. The van der Waals surface area contributed by atoms with Crippen LogP contribution in [0.5, 0.6) is 0 Å². The second-order valence-electron chi connectivity index (χ2n) is 7.99. The fourth-order valence-electron chi connectivity index (χ4n) is 4.03. The molecule has 1 amide bonds. The molecule has 0 aromatic heterocycles. The molecule has 2 heterocycles. The largest absolute Gasteiger partial charge is 0.294 e. The van der Waals surface area contributed by atoms with Crippen molar-refractivity contribution in [3.05, 3.63) is 70.5 Å². The molecule has 1 atom stereocenters. The molecule has 1 fully saturated rings. The van der Waals surface area contributed by atoms with Gasteiger partial charge in [0.1, 0.15) is 5.82 Å². The van der Waals surface area contributed by atoms with Crippen LogP contribution >= 0.6 is 11.6 Å².